The molecule has 0 radical (unpaired) electrons. The average Bonchev–Trinajstić information content (AvgIpc) is 1.83. The fourth-order valence-corrected chi connectivity index (χ4v) is 0.861. The van der Waals surface area contributed by atoms with E-state index in [2.05, 4.69) is 0 Å². The molecule has 7 heteroatoms. The van der Waals surface area contributed by atoms with E-state index in [1.54, 1.807) is 0 Å². The highest BCUT2D eigenvalue weighted by Gasteiger charge is 2.32. The smallest absolute Gasteiger partial charge is 0.356 e. The molecule has 0 fully saturated rings. The molecule has 0 aromatic rings. The molecule has 5 N–H and O–H groups in total. The fraction of sp³-hybridized carbons (Fsp3) is 1.00. The molecule has 6 nitrogen and oxygen atoms in total. The summed E-state index contributed by atoms with van der Waals surface area (Å²) in [6, 6.07) is 0. The minimum Gasteiger partial charge on any atom is -0.394 e. The van der Waals surface area contributed by atoms with Crippen molar-refractivity contribution >= 4 is 7.60 Å². The lowest BCUT2D eigenvalue weighted by molar-refractivity contribution is 0.0132. The van der Waals surface area contributed by atoms with Crippen LogP contribution in [0.5, 0.6) is 0 Å². The van der Waals surface area contributed by atoms with Crippen molar-refractivity contribution in [2.24, 2.45) is 0 Å². The molecule has 0 rings (SSSR count). The Balaban J connectivity index is 4.08. The van der Waals surface area contributed by atoms with E-state index in [0.29, 0.717) is 0 Å². The molecule has 0 saturated heterocycles. The Hall–Kier alpha value is 0.0300. The van der Waals surface area contributed by atoms with Gasteiger partial charge in [-0.05, 0) is 0 Å². The third-order valence-corrected chi connectivity index (χ3v) is 1.91. The molecule has 0 aliphatic rings. The van der Waals surface area contributed by atoms with E-state index in [1.807, 2.05) is 0 Å². The maximum Gasteiger partial charge on any atom is 0.356 e. The Morgan fingerprint density at radius 2 is 1.70 bits per heavy atom. The molecule has 0 aromatic carbocycles. The molecule has 62 valence electrons. The molecule has 0 saturated carbocycles. The predicted octanol–water partition coefficient (Wildman–Crippen LogP) is -2.16. The third-order valence-electron chi connectivity index (χ3n) is 0.876. The quantitative estimate of drug-likeness (QED) is 0.309. The monoisotopic (exact) mass is 172 g/mol. The lowest BCUT2D eigenvalue weighted by Crippen LogP contribution is -2.28. The van der Waals surface area contributed by atoms with Crippen molar-refractivity contribution in [1.29, 1.82) is 0 Å². The van der Waals surface area contributed by atoms with Crippen molar-refractivity contribution in [2.45, 2.75) is 11.9 Å². The second-order valence-electron chi connectivity index (χ2n) is 1.75. The summed E-state index contributed by atoms with van der Waals surface area (Å²) in [5.74, 6) is -2.20. The van der Waals surface area contributed by atoms with Crippen molar-refractivity contribution in [3.8, 4) is 0 Å². The predicted molar refractivity (Wildman–Crippen MR) is 31.1 cm³/mol. The Morgan fingerprint density at radius 1 is 1.30 bits per heavy atom. The first kappa shape index (κ1) is 10.0. The zero-order valence-corrected chi connectivity index (χ0v) is 5.85. The highest BCUT2D eigenvalue weighted by Crippen LogP contribution is 2.40. The van der Waals surface area contributed by atoms with E-state index >= 15 is 0 Å². The van der Waals surface area contributed by atoms with Crippen molar-refractivity contribution in [3.05, 3.63) is 0 Å². The van der Waals surface area contributed by atoms with Gasteiger partial charge in [0.15, 0.2) is 5.85 Å². The van der Waals surface area contributed by atoms with Gasteiger partial charge in [0.25, 0.3) is 0 Å². The van der Waals surface area contributed by atoms with Crippen LogP contribution in [-0.2, 0) is 4.57 Å². The van der Waals surface area contributed by atoms with Crippen LogP contribution < -0.4 is 0 Å². The lowest BCUT2D eigenvalue weighted by Gasteiger charge is -2.15. The first-order chi connectivity index (χ1) is 4.39. The number of aliphatic hydroxyl groups is 3. The summed E-state index contributed by atoms with van der Waals surface area (Å²) >= 11 is 0. The molecule has 0 aliphatic heterocycles. The van der Waals surface area contributed by atoms with E-state index < -0.39 is 26.2 Å². The van der Waals surface area contributed by atoms with Crippen molar-refractivity contribution in [1.82, 2.24) is 0 Å². The normalized spacial score (nSPS) is 18.5. The molecule has 0 bridgehead atoms. The Bertz CT molecular complexity index is 140. The van der Waals surface area contributed by atoms with E-state index in [-0.39, 0.29) is 0 Å². The van der Waals surface area contributed by atoms with Crippen LogP contribution >= 0.6 is 7.60 Å². The Morgan fingerprint density at radius 3 is 1.80 bits per heavy atom. The maximum atomic E-state index is 10.1. The van der Waals surface area contributed by atoms with Crippen LogP contribution in [0.15, 0.2) is 0 Å². The SMILES string of the molecule is O=P(O)(O)[C@@H](O)[C@H](O)CO. The molecule has 0 heterocycles. The van der Waals surface area contributed by atoms with Crippen LogP contribution in [0.2, 0.25) is 0 Å². The summed E-state index contributed by atoms with van der Waals surface area (Å²) in [5.41, 5.74) is 0. The van der Waals surface area contributed by atoms with Gasteiger partial charge in [-0.2, -0.15) is 0 Å². The van der Waals surface area contributed by atoms with Gasteiger partial charge in [0.2, 0.25) is 0 Å². The van der Waals surface area contributed by atoms with Gasteiger partial charge in [-0.15, -0.1) is 0 Å². The Kier molecular flexibility index (Phi) is 3.44. The standard InChI is InChI=1S/C3H9O6P/c4-1-2(5)3(6)10(7,8)9/h2-6H,1H2,(H2,7,8,9)/t2-,3-/m1/s1. The fourth-order valence-electron chi connectivity index (χ4n) is 0.318. The van der Waals surface area contributed by atoms with Gasteiger partial charge in [0.05, 0.1) is 6.61 Å². The molecule has 0 spiro atoms. The van der Waals surface area contributed by atoms with Gasteiger partial charge in [-0.1, -0.05) is 0 Å². The van der Waals surface area contributed by atoms with E-state index in [1.165, 1.54) is 0 Å². The van der Waals surface area contributed by atoms with Crippen molar-refractivity contribution < 1.29 is 29.7 Å². The van der Waals surface area contributed by atoms with Crippen LogP contribution in [0.3, 0.4) is 0 Å². The molecular formula is C3H9O6P. The lowest BCUT2D eigenvalue weighted by atomic mass is 10.4. The van der Waals surface area contributed by atoms with Gasteiger partial charge in [0, 0.05) is 0 Å². The first-order valence-corrected chi connectivity index (χ1v) is 4.10. The highest BCUT2D eigenvalue weighted by atomic mass is 31.2. The molecule has 0 aliphatic carbocycles. The minimum atomic E-state index is -4.68. The molecule has 0 amide bonds. The number of rotatable bonds is 3. The van der Waals surface area contributed by atoms with Crippen LogP contribution in [0.4, 0.5) is 0 Å². The molecule has 2 atom stereocenters. The largest absolute Gasteiger partial charge is 0.394 e. The van der Waals surface area contributed by atoms with Gasteiger partial charge in [0.1, 0.15) is 6.10 Å². The second-order valence-corrected chi connectivity index (χ2v) is 3.46. The summed E-state index contributed by atoms with van der Waals surface area (Å²) in [6.07, 6.45) is -1.79. The van der Waals surface area contributed by atoms with Gasteiger partial charge in [-0.3, -0.25) is 4.57 Å². The Labute approximate surface area is 56.9 Å². The summed E-state index contributed by atoms with van der Waals surface area (Å²) in [6.45, 7) is -0.883. The van der Waals surface area contributed by atoms with Gasteiger partial charge < -0.3 is 25.1 Å². The van der Waals surface area contributed by atoms with Crippen LogP contribution in [0, 0.1) is 0 Å². The number of hydrogen-bond donors (Lipinski definition) is 5. The third kappa shape index (κ3) is 2.74. The number of aliphatic hydroxyl groups excluding tert-OH is 3. The topological polar surface area (TPSA) is 118 Å². The van der Waals surface area contributed by atoms with E-state index in [0.717, 1.165) is 0 Å². The second kappa shape index (κ2) is 3.43. The molecule has 0 unspecified atom stereocenters. The summed E-state index contributed by atoms with van der Waals surface area (Å²) in [4.78, 5) is 16.4. The van der Waals surface area contributed by atoms with E-state index in [4.69, 9.17) is 25.1 Å². The average molecular weight is 172 g/mol. The molecular weight excluding hydrogens is 163 g/mol. The van der Waals surface area contributed by atoms with E-state index in [9.17, 15) is 4.57 Å². The number of hydrogen-bond acceptors (Lipinski definition) is 4. The van der Waals surface area contributed by atoms with Crippen LogP contribution in [0.25, 0.3) is 0 Å². The van der Waals surface area contributed by atoms with Crippen molar-refractivity contribution in [3.63, 3.8) is 0 Å². The van der Waals surface area contributed by atoms with Crippen molar-refractivity contribution in [2.75, 3.05) is 6.61 Å². The minimum absolute atomic E-state index is 0.883. The van der Waals surface area contributed by atoms with Crippen LogP contribution in [0.1, 0.15) is 0 Å². The van der Waals surface area contributed by atoms with Gasteiger partial charge in [-0.25, -0.2) is 0 Å². The molecule has 10 heavy (non-hydrogen) atoms. The summed E-state index contributed by atoms with van der Waals surface area (Å²) < 4.78 is 10.1. The maximum absolute atomic E-state index is 10.1. The summed E-state index contributed by atoms with van der Waals surface area (Å²) in [7, 11) is -4.68. The van der Waals surface area contributed by atoms with Gasteiger partial charge >= 0.3 is 7.60 Å². The first-order valence-electron chi connectivity index (χ1n) is 2.41. The molecule has 0 aromatic heterocycles. The van der Waals surface area contributed by atoms with Crippen LogP contribution in [-0.4, -0.2) is 43.7 Å². The zero-order chi connectivity index (χ0) is 8.36. The highest BCUT2D eigenvalue weighted by molar-refractivity contribution is 7.52. The summed E-state index contributed by atoms with van der Waals surface area (Å²) in [5, 5.41) is 25.1. The zero-order valence-electron chi connectivity index (χ0n) is 4.95.